The summed E-state index contributed by atoms with van der Waals surface area (Å²) in [5.41, 5.74) is 7.58. The average molecular weight is 123 g/mol. The van der Waals surface area contributed by atoms with Crippen molar-refractivity contribution in [2.75, 3.05) is 7.11 Å². The van der Waals surface area contributed by atoms with E-state index in [1.54, 1.807) is 0 Å². The lowest BCUT2D eigenvalue weighted by atomic mass is 11.8. The summed E-state index contributed by atoms with van der Waals surface area (Å²) in [6.45, 7) is 0. The maximum absolute atomic E-state index is 9.87. The van der Waals surface area contributed by atoms with E-state index >= 15 is 0 Å². The Morgan fingerprint density at radius 1 is 2.00 bits per heavy atom. The number of rotatable bonds is 2. The Balaban J connectivity index is 3.85. The third-order valence-corrected chi connectivity index (χ3v) is 1.05. The molecular weight excluding hydrogens is 119 g/mol. The van der Waals surface area contributed by atoms with Crippen molar-refractivity contribution >= 4 is 7.75 Å². The zero-order valence-electron chi connectivity index (χ0n) is 3.61. The average Bonchev–Trinajstić information content (AvgIpc) is 1.68. The van der Waals surface area contributed by atoms with Crippen molar-refractivity contribution in [1.82, 2.24) is 0 Å². The minimum Gasteiger partial charge on any atom is -0.702 e. The number of nitrogens with zero attached hydrogens (tertiary/aromatic N) is 2. The van der Waals surface area contributed by atoms with Crippen LogP contribution in [0.5, 0.6) is 0 Å². The van der Waals surface area contributed by atoms with Gasteiger partial charge >= 0.3 is 7.75 Å². The molecule has 1 unspecified atom stereocenters. The van der Waals surface area contributed by atoms with E-state index in [4.69, 9.17) is 10.4 Å². The highest BCUT2D eigenvalue weighted by molar-refractivity contribution is 7.51. The summed E-state index contributed by atoms with van der Waals surface area (Å²) in [5, 5.41) is 0. The SMILES string of the molecule is COP(=O)(O)N=[N-]. The predicted molar refractivity (Wildman–Crippen MR) is 22.6 cm³/mol. The second kappa shape index (κ2) is 2.16. The van der Waals surface area contributed by atoms with Gasteiger partial charge in [-0.25, -0.2) is 4.57 Å². The fraction of sp³-hybridized carbons (Fsp3) is 1.00. The molecule has 0 spiro atoms. The Morgan fingerprint density at radius 2 is 2.43 bits per heavy atom. The molecule has 0 radical (unpaired) electrons. The van der Waals surface area contributed by atoms with E-state index in [2.05, 4.69) is 4.52 Å². The third-order valence-electron chi connectivity index (χ3n) is 0.351. The standard InChI is InChI=1S/CH4N2O3P/c1-6-7(4,5)3-2/h1H3,(H,4,5)/q-1. The molecule has 7 heavy (non-hydrogen) atoms. The van der Waals surface area contributed by atoms with Crippen molar-refractivity contribution in [3.05, 3.63) is 5.53 Å². The summed E-state index contributed by atoms with van der Waals surface area (Å²) in [5.74, 6) is 0. The molecule has 0 saturated heterocycles. The second-order valence-corrected chi connectivity index (χ2v) is 2.29. The van der Waals surface area contributed by atoms with Crippen LogP contribution in [0.2, 0.25) is 0 Å². The minimum absolute atomic E-state index is 0.973. The van der Waals surface area contributed by atoms with E-state index in [1.807, 2.05) is 4.88 Å². The topological polar surface area (TPSA) is 81.2 Å². The Bertz CT molecular complexity index is 112. The summed E-state index contributed by atoms with van der Waals surface area (Å²) in [7, 11) is -3.00. The maximum atomic E-state index is 9.87. The van der Waals surface area contributed by atoms with Gasteiger partial charge in [-0.1, -0.05) is 0 Å². The Labute approximate surface area is 40.4 Å². The van der Waals surface area contributed by atoms with Crippen LogP contribution in [0.25, 0.3) is 5.53 Å². The zero-order chi connectivity index (χ0) is 5.91. The monoisotopic (exact) mass is 123 g/mol. The van der Waals surface area contributed by atoms with E-state index in [0.717, 1.165) is 7.11 Å². The summed E-state index contributed by atoms with van der Waals surface area (Å²) in [6.07, 6.45) is 0. The lowest BCUT2D eigenvalue weighted by Crippen LogP contribution is -1.73. The van der Waals surface area contributed by atoms with Crippen molar-refractivity contribution in [2.45, 2.75) is 0 Å². The molecule has 5 nitrogen and oxygen atoms in total. The smallest absolute Gasteiger partial charge is 0.431 e. The Kier molecular flexibility index (Phi) is 2.08. The van der Waals surface area contributed by atoms with Gasteiger partial charge in [-0.2, -0.15) is 0 Å². The molecule has 1 N–H and O–H groups in total. The second-order valence-electron chi connectivity index (χ2n) is 0.763. The largest absolute Gasteiger partial charge is 0.702 e. The van der Waals surface area contributed by atoms with Crippen molar-refractivity contribution < 1.29 is 14.0 Å². The molecule has 0 aromatic carbocycles. The first kappa shape index (κ1) is 6.75. The molecular formula is CH4N2O3P-. The molecule has 0 aliphatic carbocycles. The summed E-state index contributed by atoms with van der Waals surface area (Å²) < 4.78 is 13.6. The Morgan fingerprint density at radius 3 is 2.43 bits per heavy atom. The molecule has 0 rings (SSSR count). The van der Waals surface area contributed by atoms with Gasteiger partial charge in [0.15, 0.2) is 0 Å². The lowest BCUT2D eigenvalue weighted by Gasteiger charge is -2.01. The van der Waals surface area contributed by atoms with E-state index in [-0.39, 0.29) is 0 Å². The fourth-order valence-electron chi connectivity index (χ4n) is 0.0365. The molecule has 0 aromatic rings. The van der Waals surface area contributed by atoms with Crippen LogP contribution in [0.15, 0.2) is 4.88 Å². The highest BCUT2D eigenvalue weighted by Gasteiger charge is 2.06. The van der Waals surface area contributed by atoms with Crippen molar-refractivity contribution in [3.63, 3.8) is 0 Å². The molecule has 0 bridgehead atoms. The molecule has 1 atom stereocenters. The van der Waals surface area contributed by atoms with Gasteiger partial charge < -0.3 is 15.3 Å². The number of hydrogen-bond donors (Lipinski definition) is 1. The van der Waals surface area contributed by atoms with Gasteiger partial charge in [0.05, 0.1) is 0 Å². The first-order valence-corrected chi connectivity index (χ1v) is 2.90. The quantitative estimate of drug-likeness (QED) is 0.434. The minimum atomic E-state index is -3.97. The molecule has 0 fully saturated rings. The van der Waals surface area contributed by atoms with Crippen LogP contribution in [0.1, 0.15) is 0 Å². The highest BCUT2D eigenvalue weighted by Crippen LogP contribution is 2.41. The van der Waals surface area contributed by atoms with Crippen LogP contribution in [-0.4, -0.2) is 12.0 Å². The van der Waals surface area contributed by atoms with Crippen LogP contribution in [0.4, 0.5) is 0 Å². The van der Waals surface area contributed by atoms with E-state index in [9.17, 15) is 4.57 Å². The van der Waals surface area contributed by atoms with Gasteiger partial charge in [0.25, 0.3) is 0 Å². The van der Waals surface area contributed by atoms with Gasteiger partial charge in [0.2, 0.25) is 0 Å². The predicted octanol–water partition coefficient (Wildman–Crippen LogP) is 0.755. The van der Waals surface area contributed by atoms with Gasteiger partial charge in [-0.3, -0.25) is 4.52 Å². The van der Waals surface area contributed by atoms with Crippen molar-refractivity contribution in [3.8, 4) is 0 Å². The van der Waals surface area contributed by atoms with Crippen LogP contribution in [0, 0.1) is 0 Å². The molecule has 6 heteroatoms. The molecule has 0 heterocycles. The van der Waals surface area contributed by atoms with E-state index < -0.39 is 7.75 Å². The Hall–Kier alpha value is -0.250. The van der Waals surface area contributed by atoms with Crippen LogP contribution in [-0.2, 0) is 9.09 Å². The molecule has 0 aromatic heterocycles. The van der Waals surface area contributed by atoms with E-state index in [0.29, 0.717) is 0 Å². The first-order valence-electron chi connectivity index (χ1n) is 1.37. The fourth-order valence-corrected chi connectivity index (χ4v) is 0.110. The lowest BCUT2D eigenvalue weighted by molar-refractivity contribution is 0.317. The van der Waals surface area contributed by atoms with Gasteiger partial charge in [-0.15, -0.1) is 0 Å². The van der Waals surface area contributed by atoms with Gasteiger partial charge in [-0.05, 0) is 0 Å². The zero-order valence-corrected chi connectivity index (χ0v) is 4.50. The van der Waals surface area contributed by atoms with Crippen LogP contribution < -0.4 is 0 Å². The van der Waals surface area contributed by atoms with Crippen molar-refractivity contribution in [1.29, 1.82) is 0 Å². The normalized spacial score (nSPS) is 18.0. The summed E-state index contributed by atoms with van der Waals surface area (Å²) in [4.78, 5) is 10.1. The summed E-state index contributed by atoms with van der Waals surface area (Å²) >= 11 is 0. The molecule has 0 amide bonds. The van der Waals surface area contributed by atoms with Gasteiger partial charge in [0.1, 0.15) is 0 Å². The van der Waals surface area contributed by atoms with Crippen molar-refractivity contribution in [2.24, 2.45) is 4.88 Å². The molecule has 42 valence electrons. The van der Waals surface area contributed by atoms with Gasteiger partial charge in [0, 0.05) is 7.11 Å². The van der Waals surface area contributed by atoms with Crippen LogP contribution in [0.3, 0.4) is 0 Å². The highest BCUT2D eigenvalue weighted by atomic mass is 31.2. The number of hydrogen-bond acceptors (Lipinski definition) is 2. The maximum Gasteiger partial charge on any atom is 0.431 e. The molecule has 0 saturated carbocycles. The molecule has 0 aliphatic heterocycles. The first-order chi connectivity index (χ1) is 3.12. The summed E-state index contributed by atoms with van der Waals surface area (Å²) in [6, 6.07) is 0. The van der Waals surface area contributed by atoms with E-state index in [1.165, 1.54) is 0 Å². The molecule has 0 aliphatic rings. The third kappa shape index (κ3) is 2.45. The van der Waals surface area contributed by atoms with Crippen LogP contribution >= 0.6 is 7.75 Å².